The summed E-state index contributed by atoms with van der Waals surface area (Å²) >= 11 is 0. The quantitative estimate of drug-likeness (QED) is 0.476. The summed E-state index contributed by atoms with van der Waals surface area (Å²) in [5.41, 5.74) is 1.82. The van der Waals surface area contributed by atoms with Crippen molar-refractivity contribution in [2.24, 2.45) is 5.84 Å². The van der Waals surface area contributed by atoms with Gasteiger partial charge in [-0.2, -0.15) is 4.98 Å². The van der Waals surface area contributed by atoms with Crippen LogP contribution >= 0.6 is 0 Å². The summed E-state index contributed by atoms with van der Waals surface area (Å²) < 4.78 is 11.3. The van der Waals surface area contributed by atoms with Crippen molar-refractivity contribution in [1.82, 2.24) is 9.97 Å². The van der Waals surface area contributed by atoms with Gasteiger partial charge in [0.15, 0.2) is 0 Å². The first-order valence-corrected chi connectivity index (χ1v) is 6.29. The molecule has 9 heteroatoms. The Labute approximate surface area is 115 Å². The average molecular weight is 283 g/mol. The molecule has 0 saturated carbocycles. The maximum Gasteiger partial charge on any atom is 0.374 e. The zero-order valence-electron chi connectivity index (χ0n) is 11.3. The molecule has 9 nitrogen and oxygen atoms in total. The molecular formula is C11H17N5O4. The van der Waals surface area contributed by atoms with Crippen LogP contribution in [0, 0.1) is 10.1 Å². The minimum atomic E-state index is -0.614. The summed E-state index contributed by atoms with van der Waals surface area (Å²) in [6.07, 6.45) is 2.36. The molecule has 2 heterocycles. The number of hydrazine groups is 1. The fourth-order valence-corrected chi connectivity index (χ4v) is 2.32. The van der Waals surface area contributed by atoms with Crippen molar-refractivity contribution in [2.45, 2.75) is 45.0 Å². The van der Waals surface area contributed by atoms with Crippen molar-refractivity contribution in [3.63, 3.8) is 0 Å². The fourth-order valence-electron chi connectivity index (χ4n) is 2.32. The van der Waals surface area contributed by atoms with E-state index in [9.17, 15) is 10.1 Å². The van der Waals surface area contributed by atoms with Crippen LogP contribution in [0.2, 0.25) is 0 Å². The van der Waals surface area contributed by atoms with E-state index in [-0.39, 0.29) is 35.7 Å². The Bertz CT molecular complexity index is 488. The number of rotatable bonds is 4. The van der Waals surface area contributed by atoms with Gasteiger partial charge in [0.1, 0.15) is 12.4 Å². The van der Waals surface area contributed by atoms with Crippen LogP contribution in [0.3, 0.4) is 0 Å². The molecule has 2 unspecified atom stereocenters. The molecule has 0 aromatic carbocycles. The van der Waals surface area contributed by atoms with E-state index in [1.54, 1.807) is 0 Å². The predicted octanol–water partition coefficient (Wildman–Crippen LogP) is 1.01. The molecule has 1 aliphatic heterocycles. The van der Waals surface area contributed by atoms with E-state index in [1.165, 1.54) is 6.33 Å². The third-order valence-electron chi connectivity index (χ3n) is 3.04. The van der Waals surface area contributed by atoms with E-state index >= 15 is 0 Å². The predicted molar refractivity (Wildman–Crippen MR) is 70.2 cm³/mol. The van der Waals surface area contributed by atoms with Crippen LogP contribution in [-0.4, -0.2) is 33.2 Å². The third kappa shape index (κ3) is 3.11. The van der Waals surface area contributed by atoms with E-state index in [1.807, 2.05) is 13.8 Å². The van der Waals surface area contributed by atoms with E-state index in [0.717, 1.165) is 0 Å². The molecule has 0 amide bonds. The summed E-state index contributed by atoms with van der Waals surface area (Å²) in [6, 6.07) is 0. The van der Waals surface area contributed by atoms with Gasteiger partial charge in [0.2, 0.25) is 5.82 Å². The lowest BCUT2D eigenvalue weighted by atomic mass is 10.0. The first-order chi connectivity index (χ1) is 9.51. The second-order valence-corrected chi connectivity index (χ2v) is 4.75. The molecule has 1 aliphatic rings. The van der Waals surface area contributed by atoms with Crippen LogP contribution in [0.4, 0.5) is 11.5 Å². The molecule has 20 heavy (non-hydrogen) atoms. The highest BCUT2D eigenvalue weighted by molar-refractivity contribution is 5.60. The van der Waals surface area contributed by atoms with Crippen LogP contribution in [0.5, 0.6) is 5.88 Å². The monoisotopic (exact) mass is 283 g/mol. The minimum Gasteiger partial charge on any atom is -0.469 e. The number of hydrogen-bond donors (Lipinski definition) is 2. The standard InChI is InChI=1S/C11H17N5O4/c1-6-3-8(4-7(2)19-6)20-11-9(16(17)18)10(15-12)13-5-14-11/h5-8H,3-4,12H2,1-2H3,(H,13,14,15). The number of nitrogens with one attached hydrogen (secondary N) is 1. The van der Waals surface area contributed by atoms with Crippen molar-refractivity contribution in [3.05, 3.63) is 16.4 Å². The van der Waals surface area contributed by atoms with Crippen LogP contribution in [-0.2, 0) is 4.74 Å². The van der Waals surface area contributed by atoms with Gasteiger partial charge in [-0.25, -0.2) is 10.8 Å². The van der Waals surface area contributed by atoms with Gasteiger partial charge in [-0.3, -0.25) is 10.1 Å². The average Bonchev–Trinajstić information content (AvgIpc) is 2.36. The highest BCUT2D eigenvalue weighted by Gasteiger charge is 2.30. The molecule has 0 radical (unpaired) electrons. The molecule has 0 spiro atoms. The van der Waals surface area contributed by atoms with Gasteiger partial charge < -0.3 is 14.9 Å². The van der Waals surface area contributed by atoms with E-state index < -0.39 is 4.92 Å². The van der Waals surface area contributed by atoms with Crippen molar-refractivity contribution < 1.29 is 14.4 Å². The maximum absolute atomic E-state index is 11.1. The Kier molecular flexibility index (Phi) is 4.30. The molecule has 2 rings (SSSR count). The molecule has 0 aliphatic carbocycles. The largest absolute Gasteiger partial charge is 0.469 e. The number of anilines is 1. The van der Waals surface area contributed by atoms with Gasteiger partial charge in [0.05, 0.1) is 17.1 Å². The summed E-state index contributed by atoms with van der Waals surface area (Å²) in [4.78, 5) is 18.0. The van der Waals surface area contributed by atoms with Gasteiger partial charge in [0, 0.05) is 12.8 Å². The van der Waals surface area contributed by atoms with Gasteiger partial charge in [0.25, 0.3) is 5.88 Å². The molecule has 1 fully saturated rings. The third-order valence-corrected chi connectivity index (χ3v) is 3.04. The first-order valence-electron chi connectivity index (χ1n) is 6.29. The number of hydrogen-bond acceptors (Lipinski definition) is 8. The topological polar surface area (TPSA) is 125 Å². The SMILES string of the molecule is CC1CC(Oc2ncnc(NN)c2[N+](=O)[O-])CC(C)O1. The summed E-state index contributed by atoms with van der Waals surface area (Å²) in [5, 5.41) is 11.1. The van der Waals surface area contributed by atoms with E-state index in [0.29, 0.717) is 12.8 Å². The van der Waals surface area contributed by atoms with Crippen LogP contribution in [0.25, 0.3) is 0 Å². The summed E-state index contributed by atoms with van der Waals surface area (Å²) in [5.74, 6) is 5.06. The Balaban J connectivity index is 2.22. The molecule has 110 valence electrons. The second-order valence-electron chi connectivity index (χ2n) is 4.75. The lowest BCUT2D eigenvalue weighted by Gasteiger charge is -2.31. The van der Waals surface area contributed by atoms with Crippen LogP contribution in [0.1, 0.15) is 26.7 Å². The molecular weight excluding hydrogens is 266 g/mol. The second kappa shape index (κ2) is 5.97. The normalized spacial score (nSPS) is 26.1. The first kappa shape index (κ1) is 14.4. The number of ether oxygens (including phenoxy) is 2. The number of nitro groups is 1. The zero-order chi connectivity index (χ0) is 14.7. The highest BCUT2D eigenvalue weighted by atomic mass is 16.6. The van der Waals surface area contributed by atoms with E-state index in [2.05, 4.69) is 15.4 Å². The Hall–Kier alpha value is -2.00. The molecule has 0 bridgehead atoms. The Morgan fingerprint density at radius 2 is 2.10 bits per heavy atom. The number of nitrogens with two attached hydrogens (primary N) is 1. The highest BCUT2D eigenvalue weighted by Crippen LogP contribution is 2.33. The Morgan fingerprint density at radius 3 is 2.65 bits per heavy atom. The summed E-state index contributed by atoms with van der Waals surface area (Å²) in [7, 11) is 0. The van der Waals surface area contributed by atoms with Crippen molar-refractivity contribution >= 4 is 11.5 Å². The lowest BCUT2D eigenvalue weighted by molar-refractivity contribution is -0.385. The lowest BCUT2D eigenvalue weighted by Crippen LogP contribution is -2.36. The number of nitrogens with zero attached hydrogens (tertiary/aromatic N) is 3. The van der Waals surface area contributed by atoms with Crippen molar-refractivity contribution in [2.75, 3.05) is 5.43 Å². The Morgan fingerprint density at radius 1 is 1.45 bits per heavy atom. The number of nitrogen functional groups attached to an aromatic ring is 1. The maximum atomic E-state index is 11.1. The smallest absolute Gasteiger partial charge is 0.374 e. The van der Waals surface area contributed by atoms with Crippen molar-refractivity contribution in [1.29, 1.82) is 0 Å². The van der Waals surface area contributed by atoms with Crippen molar-refractivity contribution in [3.8, 4) is 5.88 Å². The van der Waals surface area contributed by atoms with Crippen LogP contribution < -0.4 is 16.0 Å². The van der Waals surface area contributed by atoms with Gasteiger partial charge >= 0.3 is 5.69 Å². The van der Waals surface area contributed by atoms with E-state index in [4.69, 9.17) is 15.3 Å². The fraction of sp³-hybridized carbons (Fsp3) is 0.636. The van der Waals surface area contributed by atoms with Crippen LogP contribution in [0.15, 0.2) is 6.33 Å². The number of aromatic nitrogens is 2. The zero-order valence-corrected chi connectivity index (χ0v) is 11.3. The molecule has 1 aromatic heterocycles. The molecule has 1 saturated heterocycles. The van der Waals surface area contributed by atoms with Gasteiger partial charge in [-0.15, -0.1) is 0 Å². The summed E-state index contributed by atoms with van der Waals surface area (Å²) in [6.45, 7) is 3.88. The minimum absolute atomic E-state index is 0.0387. The molecule has 1 aromatic rings. The molecule has 2 atom stereocenters. The molecule has 3 N–H and O–H groups in total. The van der Waals surface area contributed by atoms with Gasteiger partial charge in [-0.05, 0) is 13.8 Å². The van der Waals surface area contributed by atoms with Gasteiger partial charge in [-0.1, -0.05) is 0 Å².